The first-order valence-electron chi connectivity index (χ1n) is 4.27. The topological polar surface area (TPSA) is 52.6 Å². The highest BCUT2D eigenvalue weighted by Gasteiger charge is 2.24. The Hall–Kier alpha value is -1.58. The lowest BCUT2D eigenvalue weighted by Gasteiger charge is -2.05. The van der Waals surface area contributed by atoms with Crippen molar-refractivity contribution in [1.82, 2.24) is 0 Å². The summed E-state index contributed by atoms with van der Waals surface area (Å²) >= 11 is 0. The second-order valence-corrected chi connectivity index (χ2v) is 2.82. The van der Waals surface area contributed by atoms with Crippen LogP contribution in [0.25, 0.3) is 0 Å². The van der Waals surface area contributed by atoms with E-state index in [4.69, 9.17) is 0 Å². The van der Waals surface area contributed by atoms with Gasteiger partial charge in [-0.25, -0.2) is 9.59 Å². The van der Waals surface area contributed by atoms with Crippen LogP contribution in [-0.4, -0.2) is 26.2 Å². The first kappa shape index (κ1) is 10.5. The average molecular weight is 196 g/mol. The first-order chi connectivity index (χ1) is 6.70. The van der Waals surface area contributed by atoms with Gasteiger partial charge in [-0.2, -0.15) is 0 Å². The molecule has 0 radical (unpaired) electrons. The predicted octanol–water partition coefficient (Wildman–Crippen LogP) is 0.979. The van der Waals surface area contributed by atoms with Crippen molar-refractivity contribution in [3.05, 3.63) is 23.3 Å². The van der Waals surface area contributed by atoms with Crippen LogP contribution >= 0.6 is 0 Å². The molecule has 1 aliphatic carbocycles. The smallest absolute Gasteiger partial charge is 0.345 e. The molecule has 0 spiro atoms. The lowest BCUT2D eigenvalue weighted by molar-refractivity contribution is -0.144. The normalized spacial score (nSPS) is 14.0. The predicted molar refractivity (Wildman–Crippen MR) is 49.4 cm³/mol. The molecule has 0 bridgehead atoms. The highest BCUT2D eigenvalue weighted by atomic mass is 16.5. The van der Waals surface area contributed by atoms with Gasteiger partial charge in [-0.3, -0.25) is 0 Å². The van der Waals surface area contributed by atoms with Crippen molar-refractivity contribution in [1.29, 1.82) is 0 Å². The van der Waals surface area contributed by atoms with E-state index in [1.54, 1.807) is 6.08 Å². The molecule has 76 valence electrons. The molecule has 0 aromatic heterocycles. The molecule has 1 rings (SSSR count). The average Bonchev–Trinajstić information content (AvgIpc) is 2.70. The Balaban J connectivity index is 3.03. The van der Waals surface area contributed by atoms with Crippen LogP contribution in [0, 0.1) is 0 Å². The van der Waals surface area contributed by atoms with Gasteiger partial charge in [-0.05, 0) is 18.4 Å². The lowest BCUT2D eigenvalue weighted by Crippen LogP contribution is -2.17. The molecule has 0 amide bonds. The van der Waals surface area contributed by atoms with E-state index in [1.807, 2.05) is 6.08 Å². The highest BCUT2D eigenvalue weighted by molar-refractivity contribution is 6.15. The number of rotatable bonds is 2. The van der Waals surface area contributed by atoms with E-state index in [1.165, 1.54) is 14.2 Å². The van der Waals surface area contributed by atoms with Gasteiger partial charge >= 0.3 is 11.9 Å². The van der Waals surface area contributed by atoms with Gasteiger partial charge < -0.3 is 9.47 Å². The summed E-state index contributed by atoms with van der Waals surface area (Å²) in [5.41, 5.74) is 0.687. The Morgan fingerprint density at radius 2 is 1.79 bits per heavy atom. The number of hydrogen-bond donors (Lipinski definition) is 0. The zero-order valence-corrected chi connectivity index (χ0v) is 8.20. The summed E-state index contributed by atoms with van der Waals surface area (Å²) in [7, 11) is 2.48. The van der Waals surface area contributed by atoms with Crippen molar-refractivity contribution in [2.45, 2.75) is 12.8 Å². The molecule has 0 unspecified atom stereocenters. The Morgan fingerprint density at radius 3 is 2.14 bits per heavy atom. The Bertz CT molecular complexity index is 294. The van der Waals surface area contributed by atoms with Gasteiger partial charge in [0.05, 0.1) is 14.2 Å². The van der Waals surface area contributed by atoms with E-state index < -0.39 is 11.9 Å². The monoisotopic (exact) mass is 196 g/mol. The van der Waals surface area contributed by atoms with Gasteiger partial charge in [-0.15, -0.1) is 0 Å². The summed E-state index contributed by atoms with van der Waals surface area (Å²) < 4.78 is 9.03. The summed E-state index contributed by atoms with van der Waals surface area (Å²) in [6, 6.07) is 0. The third-order valence-electron chi connectivity index (χ3n) is 2.00. The van der Waals surface area contributed by atoms with Gasteiger partial charge in [0, 0.05) is 0 Å². The summed E-state index contributed by atoms with van der Waals surface area (Å²) in [4.78, 5) is 22.6. The molecule has 0 aliphatic heterocycles. The zero-order valence-electron chi connectivity index (χ0n) is 8.20. The van der Waals surface area contributed by atoms with Crippen molar-refractivity contribution in [3.63, 3.8) is 0 Å². The minimum absolute atomic E-state index is 0.00347. The first-order valence-corrected chi connectivity index (χ1v) is 4.27. The fraction of sp³-hybridized carbons (Fsp3) is 0.400. The van der Waals surface area contributed by atoms with Crippen LogP contribution in [0.15, 0.2) is 23.3 Å². The van der Waals surface area contributed by atoms with Gasteiger partial charge in [0.2, 0.25) is 0 Å². The van der Waals surface area contributed by atoms with E-state index in [2.05, 4.69) is 9.47 Å². The van der Waals surface area contributed by atoms with Crippen LogP contribution in [0.3, 0.4) is 0 Å². The van der Waals surface area contributed by atoms with Crippen LogP contribution in [-0.2, 0) is 19.1 Å². The van der Waals surface area contributed by atoms with Crippen molar-refractivity contribution in [3.8, 4) is 0 Å². The van der Waals surface area contributed by atoms with Crippen LogP contribution < -0.4 is 0 Å². The van der Waals surface area contributed by atoms with Crippen molar-refractivity contribution in [2.75, 3.05) is 14.2 Å². The number of carbonyl (C=O) groups is 2. The molecule has 0 N–H and O–H groups in total. The molecular formula is C10H12O4. The summed E-state index contributed by atoms with van der Waals surface area (Å²) in [6.07, 6.45) is 5.18. The van der Waals surface area contributed by atoms with E-state index >= 15 is 0 Å². The Kier molecular flexibility index (Phi) is 3.45. The number of methoxy groups -OCH3 is 2. The lowest BCUT2D eigenvalue weighted by atomic mass is 10.1. The zero-order chi connectivity index (χ0) is 10.6. The molecule has 1 aliphatic rings. The fourth-order valence-corrected chi connectivity index (χ4v) is 1.31. The quantitative estimate of drug-likeness (QED) is 0.286. The van der Waals surface area contributed by atoms with Gasteiger partial charge in [0.1, 0.15) is 5.57 Å². The Morgan fingerprint density at radius 1 is 1.21 bits per heavy atom. The molecule has 0 fully saturated rings. The third-order valence-corrected chi connectivity index (χ3v) is 2.00. The van der Waals surface area contributed by atoms with Crippen LogP contribution in [0.1, 0.15) is 12.8 Å². The molecule has 0 saturated carbocycles. The van der Waals surface area contributed by atoms with E-state index in [9.17, 15) is 9.59 Å². The highest BCUT2D eigenvalue weighted by Crippen LogP contribution is 2.21. The largest absolute Gasteiger partial charge is 0.465 e. The standard InChI is InChI=1S/C10H12O4/c1-13-9(11)8(10(12)14-2)7-5-3-4-6-7/h3,5H,4,6H2,1-2H3. The van der Waals surface area contributed by atoms with Gasteiger partial charge in [0.25, 0.3) is 0 Å². The number of allylic oxidation sites excluding steroid dienone is 3. The molecular weight excluding hydrogens is 184 g/mol. The maximum Gasteiger partial charge on any atom is 0.345 e. The molecule has 4 nitrogen and oxygen atoms in total. The number of esters is 2. The molecule has 14 heavy (non-hydrogen) atoms. The SMILES string of the molecule is COC(=O)C(C(=O)OC)=C1C=CCC1. The summed E-state index contributed by atoms with van der Waals surface area (Å²) in [5, 5.41) is 0. The summed E-state index contributed by atoms with van der Waals surface area (Å²) in [6.45, 7) is 0. The minimum atomic E-state index is -0.640. The van der Waals surface area contributed by atoms with Crippen LogP contribution in [0.5, 0.6) is 0 Å². The minimum Gasteiger partial charge on any atom is -0.465 e. The number of ether oxygens (including phenoxy) is 2. The number of hydrogen-bond acceptors (Lipinski definition) is 4. The fourth-order valence-electron chi connectivity index (χ4n) is 1.31. The van der Waals surface area contributed by atoms with Crippen molar-refractivity contribution < 1.29 is 19.1 Å². The van der Waals surface area contributed by atoms with Crippen LogP contribution in [0.2, 0.25) is 0 Å². The van der Waals surface area contributed by atoms with Crippen LogP contribution in [0.4, 0.5) is 0 Å². The molecule has 0 atom stereocenters. The van der Waals surface area contributed by atoms with E-state index in [0.29, 0.717) is 12.0 Å². The maximum atomic E-state index is 11.3. The summed E-state index contributed by atoms with van der Waals surface area (Å²) in [5.74, 6) is -1.28. The van der Waals surface area contributed by atoms with E-state index in [-0.39, 0.29) is 5.57 Å². The van der Waals surface area contributed by atoms with E-state index in [0.717, 1.165) is 6.42 Å². The second kappa shape index (κ2) is 4.60. The molecule has 0 aromatic carbocycles. The van der Waals surface area contributed by atoms with Gasteiger partial charge in [0.15, 0.2) is 0 Å². The van der Waals surface area contributed by atoms with Gasteiger partial charge in [-0.1, -0.05) is 12.2 Å². The van der Waals surface area contributed by atoms with Crippen molar-refractivity contribution >= 4 is 11.9 Å². The third kappa shape index (κ3) is 2.02. The Labute approximate surface area is 82.2 Å². The second-order valence-electron chi connectivity index (χ2n) is 2.82. The maximum absolute atomic E-state index is 11.3. The molecule has 0 aromatic rings. The molecule has 0 heterocycles. The molecule has 0 saturated heterocycles. The van der Waals surface area contributed by atoms with Crippen molar-refractivity contribution in [2.24, 2.45) is 0 Å². The number of carbonyl (C=O) groups excluding carboxylic acids is 2. The molecule has 4 heteroatoms.